The molecule has 0 saturated heterocycles. The van der Waals surface area contributed by atoms with Crippen molar-refractivity contribution < 1.29 is 9.59 Å². The summed E-state index contributed by atoms with van der Waals surface area (Å²) in [6.45, 7) is 4.61. The van der Waals surface area contributed by atoms with E-state index in [1.165, 1.54) is 4.90 Å². The standard InChI is InChI=1S/C29H26N6O2/c1-19(2)16-26(34-28(36)22-12-6-7-13-23(22)29(34)37)27-31-24-14-8-9-15-25(24)33(27)18-21-17-30-32-35(21)20-10-4-3-5-11-20/h3-15,17,19,26H,16,18H2,1-2H3. The summed E-state index contributed by atoms with van der Waals surface area (Å²) < 4.78 is 3.89. The fraction of sp³-hybridized carbons (Fsp3) is 0.207. The lowest BCUT2D eigenvalue weighted by Crippen LogP contribution is -2.36. The third kappa shape index (κ3) is 3.91. The first kappa shape index (κ1) is 22.8. The predicted molar refractivity (Wildman–Crippen MR) is 139 cm³/mol. The molecule has 1 aliphatic rings. The van der Waals surface area contributed by atoms with Crippen LogP contribution in [0.5, 0.6) is 0 Å². The molecule has 6 rings (SSSR count). The van der Waals surface area contributed by atoms with Crippen LogP contribution in [-0.2, 0) is 6.54 Å². The first-order chi connectivity index (χ1) is 18.0. The Balaban J connectivity index is 1.49. The van der Waals surface area contributed by atoms with Gasteiger partial charge in [-0.05, 0) is 48.7 Å². The van der Waals surface area contributed by atoms with E-state index in [1.807, 2.05) is 54.6 Å². The van der Waals surface area contributed by atoms with Crippen molar-refractivity contribution in [2.75, 3.05) is 0 Å². The molecule has 0 spiro atoms. The molecule has 5 aromatic rings. The van der Waals surface area contributed by atoms with Crippen LogP contribution >= 0.6 is 0 Å². The molecule has 0 fully saturated rings. The molecule has 0 saturated carbocycles. The van der Waals surface area contributed by atoms with Crippen molar-refractivity contribution >= 4 is 22.8 Å². The molecule has 184 valence electrons. The minimum Gasteiger partial charge on any atom is -0.320 e. The van der Waals surface area contributed by atoms with Crippen LogP contribution in [0.15, 0.2) is 85.1 Å². The normalized spacial score (nSPS) is 14.1. The number of imidazole rings is 1. The lowest BCUT2D eigenvalue weighted by Gasteiger charge is -2.28. The Hall–Kier alpha value is -4.59. The number of nitrogens with zero attached hydrogens (tertiary/aromatic N) is 6. The summed E-state index contributed by atoms with van der Waals surface area (Å²) in [5.74, 6) is 0.339. The smallest absolute Gasteiger partial charge is 0.262 e. The number of amides is 2. The van der Waals surface area contributed by atoms with Crippen molar-refractivity contribution in [2.24, 2.45) is 5.92 Å². The van der Waals surface area contributed by atoms with E-state index in [0.29, 0.717) is 29.9 Å². The van der Waals surface area contributed by atoms with Crippen molar-refractivity contribution in [3.8, 4) is 5.69 Å². The van der Waals surface area contributed by atoms with E-state index in [1.54, 1.807) is 35.1 Å². The van der Waals surface area contributed by atoms with E-state index >= 15 is 0 Å². The van der Waals surface area contributed by atoms with Gasteiger partial charge in [-0.25, -0.2) is 9.67 Å². The molecule has 1 aliphatic heterocycles. The summed E-state index contributed by atoms with van der Waals surface area (Å²) in [7, 11) is 0. The van der Waals surface area contributed by atoms with Gasteiger partial charge in [0.25, 0.3) is 11.8 Å². The zero-order valence-corrected chi connectivity index (χ0v) is 20.7. The largest absolute Gasteiger partial charge is 0.320 e. The highest BCUT2D eigenvalue weighted by Crippen LogP contribution is 2.36. The number of aromatic nitrogens is 5. The van der Waals surface area contributed by atoms with Gasteiger partial charge in [-0.15, -0.1) is 5.10 Å². The third-order valence-electron chi connectivity index (χ3n) is 6.75. The van der Waals surface area contributed by atoms with Gasteiger partial charge in [0, 0.05) is 0 Å². The third-order valence-corrected chi connectivity index (χ3v) is 6.75. The number of rotatable bonds is 7. The number of imide groups is 1. The van der Waals surface area contributed by atoms with Crippen LogP contribution in [0.3, 0.4) is 0 Å². The molecule has 0 N–H and O–H groups in total. The van der Waals surface area contributed by atoms with Gasteiger partial charge < -0.3 is 4.57 Å². The molecule has 0 bridgehead atoms. The molecule has 0 radical (unpaired) electrons. The molecule has 3 heterocycles. The Labute approximate surface area is 214 Å². The van der Waals surface area contributed by atoms with Crippen LogP contribution in [0.2, 0.25) is 0 Å². The van der Waals surface area contributed by atoms with Crippen molar-refractivity contribution in [1.29, 1.82) is 0 Å². The zero-order valence-electron chi connectivity index (χ0n) is 20.7. The second kappa shape index (κ2) is 9.13. The van der Waals surface area contributed by atoms with Gasteiger partial charge in [0.1, 0.15) is 5.82 Å². The van der Waals surface area contributed by atoms with Crippen LogP contribution < -0.4 is 0 Å². The molecule has 37 heavy (non-hydrogen) atoms. The fourth-order valence-corrected chi connectivity index (χ4v) is 5.09. The lowest BCUT2D eigenvalue weighted by atomic mass is 10.0. The molecule has 1 atom stereocenters. The molecule has 2 amide bonds. The van der Waals surface area contributed by atoms with Crippen LogP contribution in [0, 0.1) is 5.92 Å². The summed E-state index contributed by atoms with van der Waals surface area (Å²) in [6.07, 6.45) is 2.33. The summed E-state index contributed by atoms with van der Waals surface area (Å²) in [5, 5.41) is 8.48. The maximum Gasteiger partial charge on any atom is 0.262 e. The van der Waals surface area contributed by atoms with E-state index < -0.39 is 6.04 Å². The van der Waals surface area contributed by atoms with Crippen LogP contribution in [0.1, 0.15) is 58.5 Å². The SMILES string of the molecule is CC(C)CC(c1nc2ccccc2n1Cc1cnnn1-c1ccccc1)N1C(=O)c2ccccc2C1=O. The highest BCUT2D eigenvalue weighted by atomic mass is 16.2. The number of carbonyl (C=O) groups excluding carboxylic acids is 2. The van der Waals surface area contributed by atoms with Crippen LogP contribution in [-0.4, -0.2) is 41.3 Å². The van der Waals surface area contributed by atoms with Crippen molar-refractivity contribution in [1.82, 2.24) is 29.4 Å². The molecular weight excluding hydrogens is 464 g/mol. The van der Waals surface area contributed by atoms with Gasteiger partial charge in [-0.3, -0.25) is 14.5 Å². The quantitative estimate of drug-likeness (QED) is 0.298. The van der Waals surface area contributed by atoms with E-state index in [2.05, 4.69) is 28.7 Å². The number of carbonyl (C=O) groups is 2. The summed E-state index contributed by atoms with van der Waals surface area (Å²) in [4.78, 5) is 33.4. The summed E-state index contributed by atoms with van der Waals surface area (Å²) in [6, 6.07) is 24.2. The Morgan fingerprint density at radius 3 is 2.16 bits per heavy atom. The van der Waals surface area contributed by atoms with Crippen LogP contribution in [0.25, 0.3) is 16.7 Å². The second-order valence-corrected chi connectivity index (χ2v) is 9.69. The van der Waals surface area contributed by atoms with Crippen LogP contribution in [0.4, 0.5) is 0 Å². The van der Waals surface area contributed by atoms with E-state index in [0.717, 1.165) is 22.4 Å². The van der Waals surface area contributed by atoms with E-state index in [9.17, 15) is 9.59 Å². The van der Waals surface area contributed by atoms with E-state index in [4.69, 9.17) is 4.98 Å². The van der Waals surface area contributed by atoms with Crippen molar-refractivity contribution in [2.45, 2.75) is 32.9 Å². The molecule has 3 aromatic carbocycles. The zero-order chi connectivity index (χ0) is 25.5. The van der Waals surface area contributed by atoms with Crippen molar-refractivity contribution in [3.63, 3.8) is 0 Å². The number of benzene rings is 3. The predicted octanol–water partition coefficient (Wildman–Crippen LogP) is 5.05. The second-order valence-electron chi connectivity index (χ2n) is 9.69. The maximum atomic E-state index is 13.5. The average Bonchev–Trinajstić information content (AvgIpc) is 3.59. The molecular formula is C29H26N6O2. The van der Waals surface area contributed by atoms with Gasteiger partial charge in [-0.1, -0.05) is 61.5 Å². The fourth-order valence-electron chi connectivity index (χ4n) is 5.09. The van der Waals surface area contributed by atoms with Gasteiger partial charge in [0.05, 0.1) is 52.3 Å². The Kier molecular flexibility index (Phi) is 5.64. The number of para-hydroxylation sites is 3. The summed E-state index contributed by atoms with van der Waals surface area (Å²) in [5.41, 5.74) is 4.37. The topological polar surface area (TPSA) is 85.9 Å². The first-order valence-corrected chi connectivity index (χ1v) is 12.4. The maximum absolute atomic E-state index is 13.5. The number of hydrogen-bond donors (Lipinski definition) is 0. The van der Waals surface area contributed by atoms with Crippen molar-refractivity contribution in [3.05, 3.63) is 108 Å². The van der Waals surface area contributed by atoms with Gasteiger partial charge in [0.15, 0.2) is 0 Å². The molecule has 8 heteroatoms. The van der Waals surface area contributed by atoms with Gasteiger partial charge in [0.2, 0.25) is 0 Å². The average molecular weight is 491 g/mol. The highest BCUT2D eigenvalue weighted by Gasteiger charge is 2.42. The van der Waals surface area contributed by atoms with E-state index in [-0.39, 0.29) is 17.7 Å². The number of fused-ring (bicyclic) bond motifs is 2. The monoisotopic (exact) mass is 490 g/mol. The highest BCUT2D eigenvalue weighted by molar-refractivity contribution is 6.21. The minimum atomic E-state index is -0.527. The molecule has 8 nitrogen and oxygen atoms in total. The molecule has 2 aromatic heterocycles. The molecule has 0 aliphatic carbocycles. The Bertz CT molecular complexity index is 1580. The van der Waals surface area contributed by atoms with Gasteiger partial charge >= 0.3 is 0 Å². The Morgan fingerprint density at radius 1 is 0.811 bits per heavy atom. The Morgan fingerprint density at radius 2 is 1.46 bits per heavy atom. The minimum absolute atomic E-state index is 0.221. The molecule has 1 unspecified atom stereocenters. The van der Waals surface area contributed by atoms with Gasteiger partial charge in [-0.2, -0.15) is 0 Å². The lowest BCUT2D eigenvalue weighted by molar-refractivity contribution is 0.0553. The first-order valence-electron chi connectivity index (χ1n) is 12.4. The summed E-state index contributed by atoms with van der Waals surface area (Å²) >= 11 is 0. The number of hydrogen-bond acceptors (Lipinski definition) is 5.